The lowest BCUT2D eigenvalue weighted by Crippen LogP contribution is -2.40. The van der Waals surface area contributed by atoms with Crippen molar-refractivity contribution < 1.29 is 4.79 Å². The highest BCUT2D eigenvalue weighted by Crippen LogP contribution is 2.33. The third kappa shape index (κ3) is 3.16. The van der Waals surface area contributed by atoms with Crippen LogP contribution in [-0.4, -0.2) is 53.7 Å². The van der Waals surface area contributed by atoms with Gasteiger partial charge in [0.25, 0.3) is 11.7 Å². The molecule has 1 aliphatic rings. The molecule has 4 aromatic rings. The average Bonchev–Trinajstić information content (AvgIpc) is 3.41. The molecule has 1 aliphatic heterocycles. The number of nitrogens with one attached hydrogen (secondary N) is 1. The summed E-state index contributed by atoms with van der Waals surface area (Å²) in [6.45, 7) is 3.22. The first-order valence-electron chi connectivity index (χ1n) is 9.77. The van der Waals surface area contributed by atoms with Crippen LogP contribution >= 0.6 is 0 Å². The van der Waals surface area contributed by atoms with Gasteiger partial charge in [0.2, 0.25) is 5.82 Å². The summed E-state index contributed by atoms with van der Waals surface area (Å²) >= 11 is 0. The van der Waals surface area contributed by atoms with E-state index in [1.54, 1.807) is 10.6 Å². The number of benzene rings is 1. The SMILES string of the molecule is Cc1ccn2c(C(=O)N3CCCC(c4[nH]ncc4-c4ccccc4)C3)nnc2n1. The molecule has 5 rings (SSSR count). The molecule has 29 heavy (non-hydrogen) atoms. The van der Waals surface area contributed by atoms with Gasteiger partial charge in [-0.05, 0) is 31.4 Å². The van der Waals surface area contributed by atoms with Crippen LogP contribution in [0.25, 0.3) is 16.9 Å². The Balaban J connectivity index is 1.41. The molecule has 0 bridgehead atoms. The number of piperidine rings is 1. The van der Waals surface area contributed by atoms with E-state index in [-0.39, 0.29) is 11.8 Å². The lowest BCUT2D eigenvalue weighted by atomic mass is 9.90. The number of hydrogen-bond acceptors (Lipinski definition) is 5. The molecule has 1 unspecified atom stereocenters. The lowest BCUT2D eigenvalue weighted by Gasteiger charge is -2.32. The second kappa shape index (κ2) is 7.12. The fourth-order valence-electron chi connectivity index (χ4n) is 4.01. The van der Waals surface area contributed by atoms with Gasteiger partial charge in [-0.15, -0.1) is 10.2 Å². The number of carbonyl (C=O) groups is 1. The summed E-state index contributed by atoms with van der Waals surface area (Å²) in [4.78, 5) is 19.4. The Bertz CT molecular complexity index is 1160. The van der Waals surface area contributed by atoms with E-state index in [1.807, 2.05) is 42.3 Å². The Morgan fingerprint density at radius 1 is 1.17 bits per heavy atom. The summed E-state index contributed by atoms with van der Waals surface area (Å²) in [5.41, 5.74) is 4.15. The van der Waals surface area contributed by atoms with Gasteiger partial charge in [0.05, 0.1) is 6.20 Å². The Kier molecular flexibility index (Phi) is 4.31. The molecule has 1 aromatic carbocycles. The van der Waals surface area contributed by atoms with Crippen LogP contribution in [0.4, 0.5) is 0 Å². The van der Waals surface area contributed by atoms with Crippen molar-refractivity contribution in [1.29, 1.82) is 0 Å². The molecule has 4 heterocycles. The van der Waals surface area contributed by atoms with Gasteiger partial charge in [0, 0.05) is 42.2 Å². The van der Waals surface area contributed by atoms with Crippen LogP contribution in [0, 0.1) is 6.92 Å². The fraction of sp³-hybridized carbons (Fsp3) is 0.286. The fourth-order valence-corrected chi connectivity index (χ4v) is 4.01. The van der Waals surface area contributed by atoms with E-state index in [0.717, 1.165) is 35.4 Å². The van der Waals surface area contributed by atoms with Gasteiger partial charge in [-0.3, -0.25) is 14.3 Å². The van der Waals surface area contributed by atoms with Crippen LogP contribution in [0.15, 0.2) is 48.8 Å². The van der Waals surface area contributed by atoms with Gasteiger partial charge < -0.3 is 4.90 Å². The van der Waals surface area contributed by atoms with E-state index in [9.17, 15) is 4.79 Å². The van der Waals surface area contributed by atoms with Gasteiger partial charge in [0.15, 0.2) is 0 Å². The molecular weight excluding hydrogens is 366 g/mol. The standard InChI is InChI=1S/C21H21N7O/c1-14-9-11-28-19(25-26-21(28)23-14)20(29)27-10-5-8-16(13-27)18-17(12-22-24-18)15-6-3-2-4-7-15/h2-4,6-7,9,11-12,16H,5,8,10,13H2,1H3,(H,22,24). The van der Waals surface area contributed by atoms with Crippen molar-refractivity contribution in [3.63, 3.8) is 0 Å². The van der Waals surface area contributed by atoms with Crippen molar-refractivity contribution in [1.82, 2.24) is 34.7 Å². The molecule has 0 saturated carbocycles. The zero-order valence-electron chi connectivity index (χ0n) is 16.1. The number of fused-ring (bicyclic) bond motifs is 1. The molecule has 1 atom stereocenters. The highest BCUT2D eigenvalue weighted by atomic mass is 16.2. The molecule has 8 nitrogen and oxygen atoms in total. The largest absolute Gasteiger partial charge is 0.335 e. The second-order valence-corrected chi connectivity index (χ2v) is 7.42. The summed E-state index contributed by atoms with van der Waals surface area (Å²) < 4.78 is 1.66. The Labute approximate surface area is 167 Å². The first kappa shape index (κ1) is 17.5. The molecule has 1 saturated heterocycles. The molecule has 0 aliphatic carbocycles. The third-order valence-electron chi connectivity index (χ3n) is 5.48. The number of carbonyl (C=O) groups excluding carboxylic acids is 1. The van der Waals surface area contributed by atoms with E-state index in [1.165, 1.54) is 0 Å². The maximum atomic E-state index is 13.2. The van der Waals surface area contributed by atoms with Crippen molar-refractivity contribution in [3.8, 4) is 11.1 Å². The normalized spacial score (nSPS) is 17.0. The van der Waals surface area contributed by atoms with Crippen molar-refractivity contribution in [2.24, 2.45) is 0 Å². The molecule has 146 valence electrons. The molecule has 0 radical (unpaired) electrons. The van der Waals surface area contributed by atoms with Gasteiger partial charge >= 0.3 is 0 Å². The van der Waals surface area contributed by atoms with E-state index < -0.39 is 0 Å². The highest BCUT2D eigenvalue weighted by molar-refractivity contribution is 5.91. The summed E-state index contributed by atoms with van der Waals surface area (Å²) in [6, 6.07) is 12.1. The van der Waals surface area contributed by atoms with Crippen LogP contribution in [0.2, 0.25) is 0 Å². The lowest BCUT2D eigenvalue weighted by molar-refractivity contribution is 0.0692. The summed E-state index contributed by atoms with van der Waals surface area (Å²) in [5, 5.41) is 15.6. The highest BCUT2D eigenvalue weighted by Gasteiger charge is 2.30. The molecule has 1 N–H and O–H groups in total. The molecule has 3 aromatic heterocycles. The summed E-state index contributed by atoms with van der Waals surface area (Å²) in [5.74, 6) is 0.835. The monoisotopic (exact) mass is 387 g/mol. The molecule has 8 heteroatoms. The van der Waals surface area contributed by atoms with Gasteiger partial charge in [-0.1, -0.05) is 30.3 Å². The zero-order chi connectivity index (χ0) is 19.8. The predicted molar refractivity (Wildman–Crippen MR) is 107 cm³/mol. The van der Waals surface area contributed by atoms with E-state index in [2.05, 4.69) is 37.5 Å². The van der Waals surface area contributed by atoms with Crippen LogP contribution < -0.4 is 0 Å². The first-order chi connectivity index (χ1) is 14.2. The van der Waals surface area contributed by atoms with Crippen molar-refractivity contribution in [3.05, 3.63) is 66.0 Å². The number of amides is 1. The van der Waals surface area contributed by atoms with Crippen LogP contribution in [-0.2, 0) is 0 Å². The van der Waals surface area contributed by atoms with E-state index >= 15 is 0 Å². The minimum absolute atomic E-state index is 0.117. The van der Waals surface area contributed by atoms with Crippen LogP contribution in [0.5, 0.6) is 0 Å². The van der Waals surface area contributed by atoms with Gasteiger partial charge in [0.1, 0.15) is 0 Å². The average molecular weight is 387 g/mol. The first-order valence-corrected chi connectivity index (χ1v) is 9.77. The zero-order valence-corrected chi connectivity index (χ0v) is 16.1. The van der Waals surface area contributed by atoms with Crippen molar-refractivity contribution in [2.45, 2.75) is 25.7 Å². The molecule has 0 spiro atoms. The second-order valence-electron chi connectivity index (χ2n) is 7.42. The third-order valence-corrected chi connectivity index (χ3v) is 5.48. The van der Waals surface area contributed by atoms with Crippen molar-refractivity contribution >= 4 is 11.7 Å². The Hall–Kier alpha value is -3.55. The summed E-state index contributed by atoms with van der Waals surface area (Å²) in [7, 11) is 0. The van der Waals surface area contributed by atoms with Crippen LogP contribution in [0.1, 0.15) is 40.8 Å². The maximum Gasteiger partial charge on any atom is 0.292 e. The van der Waals surface area contributed by atoms with Gasteiger partial charge in [-0.2, -0.15) is 5.10 Å². The summed E-state index contributed by atoms with van der Waals surface area (Å²) in [6.07, 6.45) is 5.60. The Morgan fingerprint density at radius 2 is 2.03 bits per heavy atom. The predicted octanol–water partition coefficient (Wildman–Crippen LogP) is 2.84. The van der Waals surface area contributed by atoms with Crippen molar-refractivity contribution in [2.75, 3.05) is 13.1 Å². The number of rotatable bonds is 3. The van der Waals surface area contributed by atoms with Crippen LogP contribution in [0.3, 0.4) is 0 Å². The van der Waals surface area contributed by atoms with Gasteiger partial charge in [-0.25, -0.2) is 4.98 Å². The Morgan fingerprint density at radius 3 is 2.90 bits per heavy atom. The number of likely N-dealkylation sites (tertiary alicyclic amines) is 1. The number of aromatic nitrogens is 6. The number of nitrogens with zero attached hydrogens (tertiary/aromatic N) is 6. The van der Waals surface area contributed by atoms with E-state index in [0.29, 0.717) is 24.7 Å². The minimum Gasteiger partial charge on any atom is -0.335 e. The number of hydrogen-bond donors (Lipinski definition) is 1. The smallest absolute Gasteiger partial charge is 0.292 e. The molecule has 1 fully saturated rings. The number of H-pyrrole nitrogens is 1. The minimum atomic E-state index is -0.117. The number of aromatic amines is 1. The molecular formula is C21H21N7O. The number of aryl methyl sites for hydroxylation is 1. The van der Waals surface area contributed by atoms with E-state index in [4.69, 9.17) is 0 Å². The quantitative estimate of drug-likeness (QED) is 0.584. The topological polar surface area (TPSA) is 92.1 Å². The molecule has 1 amide bonds. The maximum absolute atomic E-state index is 13.2.